The maximum absolute atomic E-state index is 15.0. The molecule has 3 heterocycles. The van der Waals surface area contributed by atoms with Crippen LogP contribution in [0, 0.1) is 5.82 Å². The minimum absolute atomic E-state index is 0.145. The predicted octanol–water partition coefficient (Wildman–Crippen LogP) is 5.92. The number of nitrogens with zero attached hydrogens (tertiary/aromatic N) is 4. The minimum Gasteiger partial charge on any atom is -0.444 e. The standard InChI is InChI=1S/C31H38FN5O5/c1-30(2,3)41-28(39)36-13-9-20(10-14-36)23-8-7-22(17-24(23)32)27(38)35-26-19-33-25(18-34-26)21-11-15-37(16-12-21)29(40)42-31(4,5)6/h7-9,11,17-19H,10,12-16H2,1-6H3,(H,34,35,38). The van der Waals surface area contributed by atoms with Crippen LogP contribution in [0.15, 0.2) is 42.7 Å². The zero-order chi connectivity index (χ0) is 30.7. The highest BCUT2D eigenvalue weighted by molar-refractivity contribution is 6.03. The van der Waals surface area contributed by atoms with Crippen LogP contribution in [0.1, 0.15) is 76.0 Å². The molecule has 4 rings (SSSR count). The first-order valence-corrected chi connectivity index (χ1v) is 14.0. The van der Waals surface area contributed by atoms with E-state index in [4.69, 9.17) is 9.47 Å². The molecule has 1 N–H and O–H groups in total. The average Bonchev–Trinajstić information content (AvgIpc) is 2.92. The number of anilines is 1. The lowest BCUT2D eigenvalue weighted by molar-refractivity contribution is 0.0260. The molecule has 1 aromatic carbocycles. The van der Waals surface area contributed by atoms with Crippen LogP contribution in [0.25, 0.3) is 11.1 Å². The Labute approximate surface area is 245 Å². The highest BCUT2D eigenvalue weighted by Gasteiger charge is 2.26. The van der Waals surface area contributed by atoms with E-state index < -0.39 is 29.0 Å². The van der Waals surface area contributed by atoms with Crippen molar-refractivity contribution in [3.05, 3.63) is 65.4 Å². The molecule has 2 aliphatic heterocycles. The summed E-state index contributed by atoms with van der Waals surface area (Å²) in [7, 11) is 0. The first-order chi connectivity index (χ1) is 19.7. The van der Waals surface area contributed by atoms with Gasteiger partial charge >= 0.3 is 12.2 Å². The fourth-order valence-corrected chi connectivity index (χ4v) is 4.46. The van der Waals surface area contributed by atoms with Gasteiger partial charge in [-0.15, -0.1) is 0 Å². The van der Waals surface area contributed by atoms with E-state index in [-0.39, 0.29) is 17.5 Å². The summed E-state index contributed by atoms with van der Waals surface area (Å²) in [5.41, 5.74) is 1.77. The highest BCUT2D eigenvalue weighted by Crippen LogP contribution is 2.27. The van der Waals surface area contributed by atoms with Gasteiger partial charge in [-0.25, -0.2) is 19.0 Å². The number of ether oxygens (including phenoxy) is 2. The van der Waals surface area contributed by atoms with Crippen molar-refractivity contribution in [1.29, 1.82) is 0 Å². The summed E-state index contributed by atoms with van der Waals surface area (Å²) in [5.74, 6) is -0.802. The Kier molecular flexibility index (Phi) is 8.98. The second-order valence-corrected chi connectivity index (χ2v) is 12.2. The van der Waals surface area contributed by atoms with Gasteiger partial charge in [-0.3, -0.25) is 9.78 Å². The summed E-state index contributed by atoms with van der Waals surface area (Å²) < 4.78 is 25.9. The molecule has 224 valence electrons. The number of halogens is 1. The quantitative estimate of drug-likeness (QED) is 0.479. The first kappa shape index (κ1) is 30.7. The van der Waals surface area contributed by atoms with Crippen molar-refractivity contribution in [2.24, 2.45) is 0 Å². The lowest BCUT2D eigenvalue weighted by Crippen LogP contribution is -2.39. The van der Waals surface area contributed by atoms with Crippen molar-refractivity contribution in [3.8, 4) is 0 Å². The molecule has 2 aromatic rings. The Morgan fingerprint density at radius 2 is 1.40 bits per heavy atom. The number of benzene rings is 1. The normalized spacial score (nSPS) is 15.9. The third kappa shape index (κ3) is 8.14. The van der Waals surface area contributed by atoms with E-state index in [0.717, 1.165) is 11.1 Å². The highest BCUT2D eigenvalue weighted by atomic mass is 19.1. The second-order valence-electron chi connectivity index (χ2n) is 12.2. The van der Waals surface area contributed by atoms with Gasteiger partial charge in [0.25, 0.3) is 5.91 Å². The van der Waals surface area contributed by atoms with Gasteiger partial charge in [-0.1, -0.05) is 18.2 Å². The van der Waals surface area contributed by atoms with Crippen LogP contribution in [0.5, 0.6) is 0 Å². The molecule has 11 heteroatoms. The molecule has 0 atom stereocenters. The predicted molar refractivity (Wildman–Crippen MR) is 157 cm³/mol. The lowest BCUT2D eigenvalue weighted by atomic mass is 9.97. The van der Waals surface area contributed by atoms with Crippen molar-refractivity contribution < 1.29 is 28.2 Å². The van der Waals surface area contributed by atoms with E-state index in [1.165, 1.54) is 12.3 Å². The summed E-state index contributed by atoms with van der Waals surface area (Å²) >= 11 is 0. The summed E-state index contributed by atoms with van der Waals surface area (Å²) in [6, 6.07) is 4.32. The van der Waals surface area contributed by atoms with E-state index >= 15 is 4.39 Å². The van der Waals surface area contributed by atoms with Crippen LogP contribution < -0.4 is 5.32 Å². The fraction of sp³-hybridized carbons (Fsp3) is 0.452. The van der Waals surface area contributed by atoms with Crippen molar-refractivity contribution in [1.82, 2.24) is 19.8 Å². The maximum Gasteiger partial charge on any atom is 0.410 e. The SMILES string of the molecule is CC(C)(C)OC(=O)N1CC=C(c2cnc(NC(=O)c3ccc(C4=CCN(C(=O)OC(C)(C)C)CC4)c(F)c3)cn2)CC1. The van der Waals surface area contributed by atoms with Crippen molar-refractivity contribution in [3.63, 3.8) is 0 Å². The van der Waals surface area contributed by atoms with Crippen LogP contribution in [0.4, 0.5) is 19.8 Å². The Bertz CT molecular complexity index is 1410. The van der Waals surface area contributed by atoms with Crippen LogP contribution >= 0.6 is 0 Å². The maximum atomic E-state index is 15.0. The molecule has 0 unspecified atom stereocenters. The van der Waals surface area contributed by atoms with Gasteiger partial charge in [0, 0.05) is 37.3 Å². The van der Waals surface area contributed by atoms with Crippen molar-refractivity contribution >= 4 is 35.1 Å². The largest absolute Gasteiger partial charge is 0.444 e. The Morgan fingerprint density at radius 3 is 1.86 bits per heavy atom. The van der Waals surface area contributed by atoms with Crippen LogP contribution in [0.3, 0.4) is 0 Å². The minimum atomic E-state index is -0.586. The van der Waals surface area contributed by atoms with Gasteiger partial charge in [-0.05, 0) is 77.7 Å². The van der Waals surface area contributed by atoms with E-state index in [0.29, 0.717) is 50.3 Å². The van der Waals surface area contributed by atoms with Crippen LogP contribution in [-0.4, -0.2) is 75.2 Å². The molecule has 0 radical (unpaired) electrons. The molecule has 2 aliphatic rings. The Morgan fingerprint density at radius 1 is 0.833 bits per heavy atom. The Balaban J connectivity index is 1.33. The van der Waals surface area contributed by atoms with Gasteiger partial charge in [0.05, 0.1) is 18.1 Å². The van der Waals surface area contributed by atoms with Crippen molar-refractivity contribution in [2.45, 2.75) is 65.6 Å². The second kappa shape index (κ2) is 12.3. The zero-order valence-electron chi connectivity index (χ0n) is 25.0. The molecule has 0 saturated heterocycles. The molecule has 10 nitrogen and oxygen atoms in total. The zero-order valence-corrected chi connectivity index (χ0v) is 25.0. The first-order valence-electron chi connectivity index (χ1n) is 14.0. The number of hydrogen-bond donors (Lipinski definition) is 1. The number of aromatic nitrogens is 2. The number of rotatable bonds is 4. The number of nitrogens with one attached hydrogen (secondary N) is 1. The average molecular weight is 580 g/mol. The lowest BCUT2D eigenvalue weighted by Gasteiger charge is -2.29. The molecule has 0 bridgehead atoms. The summed E-state index contributed by atoms with van der Waals surface area (Å²) in [4.78, 5) is 49.3. The Hall–Kier alpha value is -4.28. The molecular formula is C31H38FN5O5. The fourth-order valence-electron chi connectivity index (χ4n) is 4.46. The van der Waals surface area contributed by atoms with E-state index in [9.17, 15) is 14.4 Å². The molecule has 0 spiro atoms. The smallest absolute Gasteiger partial charge is 0.410 e. The number of carbonyl (C=O) groups is 3. The third-order valence-corrected chi connectivity index (χ3v) is 6.52. The van der Waals surface area contributed by atoms with Crippen LogP contribution in [-0.2, 0) is 9.47 Å². The molecule has 1 aromatic heterocycles. The van der Waals surface area contributed by atoms with Gasteiger partial charge in [0.1, 0.15) is 17.0 Å². The number of carbonyl (C=O) groups excluding carboxylic acids is 3. The van der Waals surface area contributed by atoms with E-state index in [1.54, 1.807) is 34.2 Å². The van der Waals surface area contributed by atoms with Gasteiger partial charge < -0.3 is 24.6 Å². The molecule has 42 heavy (non-hydrogen) atoms. The topological polar surface area (TPSA) is 114 Å². The third-order valence-electron chi connectivity index (χ3n) is 6.52. The van der Waals surface area contributed by atoms with Gasteiger partial charge in [0.15, 0.2) is 5.82 Å². The van der Waals surface area contributed by atoms with E-state index in [2.05, 4.69) is 15.3 Å². The van der Waals surface area contributed by atoms with Crippen molar-refractivity contribution in [2.75, 3.05) is 31.5 Å². The van der Waals surface area contributed by atoms with E-state index in [1.807, 2.05) is 47.6 Å². The number of hydrogen-bond acceptors (Lipinski definition) is 7. The van der Waals surface area contributed by atoms with Gasteiger partial charge in [-0.2, -0.15) is 0 Å². The van der Waals surface area contributed by atoms with Gasteiger partial charge in [0.2, 0.25) is 0 Å². The molecule has 0 fully saturated rings. The molecular weight excluding hydrogens is 541 g/mol. The summed E-state index contributed by atoms with van der Waals surface area (Å²) in [5, 5.41) is 2.65. The van der Waals surface area contributed by atoms with Crippen LogP contribution in [0.2, 0.25) is 0 Å². The number of amides is 3. The molecule has 3 amide bonds. The summed E-state index contributed by atoms with van der Waals surface area (Å²) in [6.45, 7) is 12.6. The summed E-state index contributed by atoms with van der Waals surface area (Å²) in [6.07, 6.45) is 7.04. The molecule has 0 saturated carbocycles. The molecule has 0 aliphatic carbocycles. The monoisotopic (exact) mass is 579 g/mol.